The average Bonchev–Trinajstić information content (AvgIpc) is 3.45. The lowest BCUT2D eigenvalue weighted by Crippen LogP contribution is -2.53. The Morgan fingerprint density at radius 3 is 2.67 bits per heavy atom. The molecule has 0 radical (unpaired) electrons. The highest BCUT2D eigenvalue weighted by Gasteiger charge is 2.57. The molecule has 4 aliphatic rings. The Balaban J connectivity index is 1.42. The second kappa shape index (κ2) is 8.93. The third kappa shape index (κ3) is 4.45. The van der Waals surface area contributed by atoms with Crippen molar-refractivity contribution in [2.45, 2.75) is 36.7 Å². The Kier molecular flexibility index (Phi) is 5.97. The van der Waals surface area contributed by atoms with Crippen LogP contribution in [0.3, 0.4) is 0 Å². The normalized spacial score (nSPS) is 27.1. The molecule has 2 heterocycles. The fourth-order valence-electron chi connectivity index (χ4n) is 6.43. The summed E-state index contributed by atoms with van der Waals surface area (Å²) in [7, 11) is -8.03. The number of amidine groups is 1. The molecule has 2 aliphatic heterocycles. The first-order valence-corrected chi connectivity index (χ1v) is 16.0. The van der Waals surface area contributed by atoms with E-state index in [1.54, 1.807) is 4.90 Å². The highest BCUT2D eigenvalue weighted by molar-refractivity contribution is 7.92. The quantitative estimate of drug-likeness (QED) is 0.479. The summed E-state index contributed by atoms with van der Waals surface area (Å²) in [6.07, 6.45) is 3.54. The van der Waals surface area contributed by atoms with E-state index in [2.05, 4.69) is 14.4 Å². The van der Waals surface area contributed by atoms with Crippen LogP contribution in [0.15, 0.2) is 57.0 Å². The Morgan fingerprint density at radius 2 is 1.95 bits per heavy atom. The lowest BCUT2D eigenvalue weighted by molar-refractivity contribution is -0.134. The molecule has 0 saturated heterocycles. The lowest BCUT2D eigenvalue weighted by atomic mass is 9.77. The molecule has 6 rings (SSSR count). The summed E-state index contributed by atoms with van der Waals surface area (Å²) < 4.78 is 69.3. The van der Waals surface area contributed by atoms with Crippen LogP contribution in [0.25, 0.3) is 0 Å². The molecule has 206 valence electrons. The summed E-state index contributed by atoms with van der Waals surface area (Å²) in [6.45, 7) is 0.0518. The molecular weight excluding hydrogens is 571 g/mol. The van der Waals surface area contributed by atoms with Crippen molar-refractivity contribution in [3.8, 4) is 0 Å². The van der Waals surface area contributed by atoms with Crippen LogP contribution in [0.1, 0.15) is 24.8 Å². The van der Waals surface area contributed by atoms with Crippen molar-refractivity contribution in [2.24, 2.45) is 22.2 Å². The van der Waals surface area contributed by atoms with E-state index in [0.29, 0.717) is 5.56 Å². The number of carbonyl (C=O) groups is 1. The number of anilines is 2. The van der Waals surface area contributed by atoms with Gasteiger partial charge in [-0.25, -0.2) is 12.8 Å². The lowest BCUT2D eigenvalue weighted by Gasteiger charge is -2.44. The molecule has 2 bridgehead atoms. The first-order valence-electron chi connectivity index (χ1n) is 12.2. The summed E-state index contributed by atoms with van der Waals surface area (Å²) in [5.74, 6) is -1.74. The van der Waals surface area contributed by atoms with E-state index in [1.807, 2.05) is 0 Å². The Labute approximate surface area is 229 Å². The zero-order chi connectivity index (χ0) is 27.9. The number of rotatable bonds is 5. The number of hydrogen-bond donors (Lipinski definition) is 3. The van der Waals surface area contributed by atoms with E-state index in [4.69, 9.17) is 11.6 Å². The minimum Gasteiger partial charge on any atom is -0.511 e. The molecular formula is C25H24ClFN4O6S2. The van der Waals surface area contributed by atoms with E-state index >= 15 is 0 Å². The van der Waals surface area contributed by atoms with Gasteiger partial charge in [-0.3, -0.25) is 9.52 Å². The number of sulfonamides is 2. The second-order valence-corrected chi connectivity index (χ2v) is 14.1. The van der Waals surface area contributed by atoms with Crippen LogP contribution >= 0.6 is 11.6 Å². The van der Waals surface area contributed by atoms with E-state index in [1.165, 1.54) is 30.3 Å². The number of halogens is 2. The summed E-state index contributed by atoms with van der Waals surface area (Å²) >= 11 is 6.28. The van der Waals surface area contributed by atoms with Gasteiger partial charge in [-0.1, -0.05) is 17.7 Å². The van der Waals surface area contributed by atoms with Crippen LogP contribution in [-0.2, 0) is 31.4 Å². The number of aliphatic hydroxyl groups excluding tert-OH is 1. The maximum absolute atomic E-state index is 14.0. The Hall–Kier alpha value is -3.16. The third-order valence-electron chi connectivity index (χ3n) is 7.90. The molecule has 10 nitrogen and oxygen atoms in total. The largest absolute Gasteiger partial charge is 0.511 e. The van der Waals surface area contributed by atoms with Crippen molar-refractivity contribution in [1.29, 1.82) is 0 Å². The number of amides is 1. The Bertz CT molecular complexity index is 1710. The first-order chi connectivity index (χ1) is 18.3. The molecule has 2 fully saturated rings. The van der Waals surface area contributed by atoms with E-state index in [0.717, 1.165) is 31.6 Å². The standard InChI is InChI=1S/C25H24ClFN4O6S2/c1-38(34,35)29-16-6-7-18-19(10-16)39(36,37)30-24(28-18)21-23(32)20-12-2-3-13(8-12)22(20)31(25(21)33)11-14-4-5-15(27)9-17(14)26/h4-7,9-10,12-13,20,22,29,32H,2-3,8,11H2,1H3,(H,28,30)/t12-,13-,20+,22-/m0/s1. The summed E-state index contributed by atoms with van der Waals surface area (Å²) in [4.78, 5) is 15.3. The Morgan fingerprint density at radius 1 is 1.21 bits per heavy atom. The minimum atomic E-state index is -4.37. The van der Waals surface area contributed by atoms with Crippen LogP contribution in [0.5, 0.6) is 0 Å². The van der Waals surface area contributed by atoms with Crippen molar-refractivity contribution >= 4 is 54.8 Å². The van der Waals surface area contributed by atoms with Gasteiger partial charge in [0.15, 0.2) is 5.84 Å². The van der Waals surface area contributed by atoms with Gasteiger partial charge in [0.2, 0.25) is 10.0 Å². The highest BCUT2D eigenvalue weighted by atomic mass is 35.5. The number of nitrogens with one attached hydrogen (secondary N) is 2. The molecule has 0 spiro atoms. The van der Waals surface area contributed by atoms with Gasteiger partial charge in [0, 0.05) is 29.2 Å². The third-order valence-corrected chi connectivity index (χ3v) is 10.2. The molecule has 39 heavy (non-hydrogen) atoms. The minimum absolute atomic E-state index is 0.0308. The molecule has 2 saturated carbocycles. The zero-order valence-corrected chi connectivity index (χ0v) is 22.9. The van der Waals surface area contributed by atoms with Crippen LogP contribution in [0.4, 0.5) is 15.8 Å². The zero-order valence-electron chi connectivity index (χ0n) is 20.6. The molecule has 2 aromatic carbocycles. The van der Waals surface area contributed by atoms with Crippen LogP contribution in [0, 0.1) is 23.6 Å². The molecule has 1 amide bonds. The summed E-state index contributed by atoms with van der Waals surface area (Å²) in [5, 5.41) is 14.4. The van der Waals surface area contributed by atoms with Gasteiger partial charge in [0.05, 0.1) is 11.9 Å². The molecule has 0 aromatic heterocycles. The fraction of sp³-hybridized carbons (Fsp3) is 0.360. The van der Waals surface area contributed by atoms with Crippen molar-refractivity contribution in [1.82, 2.24) is 4.90 Å². The van der Waals surface area contributed by atoms with Gasteiger partial charge < -0.3 is 15.3 Å². The number of aliphatic hydroxyl groups is 1. The summed E-state index contributed by atoms with van der Waals surface area (Å²) in [5.41, 5.74) is 0.393. The highest BCUT2D eigenvalue weighted by Crippen LogP contribution is 2.55. The smallest absolute Gasteiger partial charge is 0.286 e. The maximum atomic E-state index is 14.0. The predicted molar refractivity (Wildman–Crippen MR) is 143 cm³/mol. The topological polar surface area (TPSA) is 145 Å². The first kappa shape index (κ1) is 26.1. The number of nitrogens with zero attached hydrogens (tertiary/aromatic N) is 2. The monoisotopic (exact) mass is 594 g/mol. The molecule has 3 N–H and O–H groups in total. The van der Waals surface area contributed by atoms with E-state index < -0.39 is 37.7 Å². The predicted octanol–water partition coefficient (Wildman–Crippen LogP) is 3.63. The van der Waals surface area contributed by atoms with Gasteiger partial charge in [-0.15, -0.1) is 4.40 Å². The van der Waals surface area contributed by atoms with Crippen molar-refractivity contribution in [3.63, 3.8) is 0 Å². The maximum Gasteiger partial charge on any atom is 0.286 e. The number of hydrogen-bond acceptors (Lipinski definition) is 7. The second-order valence-electron chi connectivity index (χ2n) is 10.4. The molecule has 2 aromatic rings. The van der Waals surface area contributed by atoms with Crippen molar-refractivity contribution in [3.05, 3.63) is 64.1 Å². The fourth-order valence-corrected chi connectivity index (χ4v) is 8.36. The van der Waals surface area contributed by atoms with Gasteiger partial charge in [0.1, 0.15) is 22.0 Å². The number of benzene rings is 2. The molecule has 2 aliphatic carbocycles. The van der Waals surface area contributed by atoms with Gasteiger partial charge in [-0.2, -0.15) is 8.42 Å². The van der Waals surface area contributed by atoms with E-state index in [-0.39, 0.29) is 62.9 Å². The number of carbonyl (C=O) groups excluding carboxylic acids is 1. The molecule has 0 unspecified atom stereocenters. The average molecular weight is 595 g/mol. The van der Waals surface area contributed by atoms with Gasteiger partial charge in [-0.05, 0) is 67.0 Å². The SMILES string of the molecule is CS(=O)(=O)Nc1ccc2c(c1)S(=O)(=O)N=C(C1=C(O)[C@@H]3[C@H]4CC[C@@H](C4)[C@@H]3N(Cc3ccc(F)cc3Cl)C1=O)N2. The molecule has 14 heteroatoms. The number of fused-ring (bicyclic) bond motifs is 6. The summed E-state index contributed by atoms with van der Waals surface area (Å²) in [6, 6.07) is 7.48. The van der Waals surface area contributed by atoms with Gasteiger partial charge in [0.25, 0.3) is 15.9 Å². The van der Waals surface area contributed by atoms with E-state index in [9.17, 15) is 31.1 Å². The van der Waals surface area contributed by atoms with Gasteiger partial charge >= 0.3 is 0 Å². The van der Waals surface area contributed by atoms with Crippen LogP contribution in [-0.4, -0.2) is 50.9 Å². The van der Waals surface area contributed by atoms with Crippen molar-refractivity contribution < 1.29 is 31.1 Å². The van der Waals surface area contributed by atoms with Crippen LogP contribution < -0.4 is 10.0 Å². The van der Waals surface area contributed by atoms with Crippen LogP contribution in [0.2, 0.25) is 5.02 Å². The van der Waals surface area contributed by atoms with Crippen molar-refractivity contribution in [2.75, 3.05) is 16.3 Å². The molecule has 4 atom stereocenters.